The molecule has 0 aliphatic rings. The van der Waals surface area contributed by atoms with Gasteiger partial charge in [0.15, 0.2) is 6.04 Å². The number of unbranched alkanes of at least 4 members (excludes halogenated alkanes) is 1. The Labute approximate surface area is 166 Å². The van der Waals surface area contributed by atoms with Crippen molar-refractivity contribution in [2.45, 2.75) is 80.2 Å². The van der Waals surface area contributed by atoms with Crippen LogP contribution in [0.4, 0.5) is 5.69 Å². The van der Waals surface area contributed by atoms with E-state index in [0.717, 1.165) is 60.1 Å². The van der Waals surface area contributed by atoms with Crippen molar-refractivity contribution in [3.8, 4) is 0 Å². The summed E-state index contributed by atoms with van der Waals surface area (Å²) < 4.78 is 0.818. The maximum atomic E-state index is 13.1. The highest BCUT2D eigenvalue weighted by Gasteiger charge is 2.36. The largest absolute Gasteiger partial charge is 0.320 e. The molecule has 0 heterocycles. The Morgan fingerprint density at radius 3 is 2.04 bits per heavy atom. The van der Waals surface area contributed by atoms with Crippen LogP contribution in [-0.2, 0) is 4.79 Å². The highest BCUT2D eigenvalue weighted by atomic mass is 35.5. The number of benzene rings is 1. The molecule has 1 aromatic rings. The molecule has 1 rings (SSSR count). The van der Waals surface area contributed by atoms with Gasteiger partial charge < -0.3 is 9.80 Å². The molecular weight excluding hydrogens is 344 g/mol. The van der Waals surface area contributed by atoms with Crippen molar-refractivity contribution in [3.63, 3.8) is 0 Å². The number of carbonyl (C=O) groups is 1. The summed E-state index contributed by atoms with van der Waals surface area (Å²) in [7, 11) is 2.23. The average Bonchev–Trinajstić information content (AvgIpc) is 2.59. The smallest absolute Gasteiger partial charge is 0.282 e. The first-order valence-electron chi connectivity index (χ1n) is 10.2. The Bertz CT molecular complexity index is 536. The molecule has 26 heavy (non-hydrogen) atoms. The highest BCUT2D eigenvalue weighted by Crippen LogP contribution is 2.26. The van der Waals surface area contributed by atoms with Crippen LogP contribution in [0.15, 0.2) is 12.1 Å². The molecular formula is C22H40ClN2O+. The van der Waals surface area contributed by atoms with Gasteiger partial charge in [-0.2, -0.15) is 0 Å². The number of quaternary nitrogens is 1. The zero-order valence-corrected chi connectivity index (χ0v) is 19.0. The van der Waals surface area contributed by atoms with Crippen LogP contribution in [0.5, 0.6) is 0 Å². The van der Waals surface area contributed by atoms with Crippen molar-refractivity contribution < 1.29 is 9.28 Å². The molecule has 2 unspecified atom stereocenters. The van der Waals surface area contributed by atoms with Gasteiger partial charge in [-0.3, -0.25) is 4.79 Å². The number of halogens is 1. The van der Waals surface area contributed by atoms with Gasteiger partial charge in [-0.15, -0.1) is 0 Å². The summed E-state index contributed by atoms with van der Waals surface area (Å²) in [6.07, 6.45) is 4.24. The zero-order valence-electron chi connectivity index (χ0n) is 18.2. The summed E-state index contributed by atoms with van der Waals surface area (Å²) in [6.45, 7) is 16.6. The summed E-state index contributed by atoms with van der Waals surface area (Å²) in [4.78, 5) is 13.1. The third-order valence-electron chi connectivity index (χ3n) is 4.94. The van der Waals surface area contributed by atoms with Crippen LogP contribution in [0.2, 0.25) is 5.02 Å². The number of anilines is 1. The van der Waals surface area contributed by atoms with E-state index < -0.39 is 0 Å². The number of hydrogen-bond donors (Lipinski definition) is 1. The molecule has 0 aliphatic heterocycles. The topological polar surface area (TPSA) is 29.1 Å². The van der Waals surface area contributed by atoms with Crippen molar-refractivity contribution in [1.82, 2.24) is 0 Å². The number of amides is 1. The maximum Gasteiger partial charge on any atom is 0.282 e. The van der Waals surface area contributed by atoms with E-state index in [1.807, 2.05) is 39.8 Å². The second-order valence-electron chi connectivity index (χ2n) is 7.11. The van der Waals surface area contributed by atoms with E-state index in [4.69, 9.17) is 11.6 Å². The van der Waals surface area contributed by atoms with E-state index in [-0.39, 0.29) is 11.9 Å². The van der Waals surface area contributed by atoms with Crippen LogP contribution < -0.4 is 5.32 Å². The molecule has 3 nitrogen and oxygen atoms in total. The Balaban J connectivity index is 0.00000301. The lowest BCUT2D eigenvalue weighted by molar-refractivity contribution is -0.924. The van der Waals surface area contributed by atoms with Crippen molar-refractivity contribution in [3.05, 3.63) is 28.3 Å². The third kappa shape index (κ3) is 6.92. The molecule has 0 radical (unpaired) electrons. The second-order valence-corrected chi connectivity index (χ2v) is 7.54. The van der Waals surface area contributed by atoms with Crippen LogP contribution in [0.1, 0.15) is 71.4 Å². The van der Waals surface area contributed by atoms with Crippen LogP contribution >= 0.6 is 11.6 Å². The quantitative estimate of drug-likeness (QED) is 0.494. The number of aryl methyl sites for hydroxylation is 2. The lowest BCUT2D eigenvalue weighted by atomic mass is 10.1. The van der Waals surface area contributed by atoms with Crippen LogP contribution in [0.25, 0.3) is 0 Å². The summed E-state index contributed by atoms with van der Waals surface area (Å²) in [5.41, 5.74) is 2.93. The number of hydrogen-bond acceptors (Lipinski definition) is 1. The van der Waals surface area contributed by atoms with Gasteiger partial charge in [0.1, 0.15) is 0 Å². The fourth-order valence-electron chi connectivity index (χ4n) is 3.68. The normalized spacial score (nSPS) is 14.0. The van der Waals surface area contributed by atoms with Crippen LogP contribution in [-0.4, -0.2) is 36.6 Å². The van der Waals surface area contributed by atoms with Gasteiger partial charge in [-0.1, -0.05) is 52.6 Å². The van der Waals surface area contributed by atoms with E-state index in [1.165, 1.54) is 0 Å². The molecule has 0 aromatic heterocycles. The summed E-state index contributed by atoms with van der Waals surface area (Å²) in [5.74, 6) is 0.123. The minimum Gasteiger partial charge on any atom is -0.320 e. The Morgan fingerprint density at radius 2 is 1.62 bits per heavy atom. The lowest BCUT2D eigenvalue weighted by Gasteiger charge is -2.40. The van der Waals surface area contributed by atoms with Crippen molar-refractivity contribution >= 4 is 23.2 Å². The van der Waals surface area contributed by atoms with Crippen molar-refractivity contribution in [1.29, 1.82) is 0 Å². The second kappa shape index (κ2) is 12.3. The van der Waals surface area contributed by atoms with Gasteiger partial charge in [0, 0.05) is 17.1 Å². The third-order valence-corrected chi connectivity index (χ3v) is 5.16. The molecule has 1 aromatic carbocycles. The maximum absolute atomic E-state index is 13.1. The van der Waals surface area contributed by atoms with Gasteiger partial charge >= 0.3 is 0 Å². The molecule has 2 atom stereocenters. The van der Waals surface area contributed by atoms with Crippen LogP contribution in [0, 0.1) is 13.8 Å². The number of nitrogens with one attached hydrogen (secondary N) is 1. The summed E-state index contributed by atoms with van der Waals surface area (Å²) >= 11 is 6.10. The molecule has 0 fully saturated rings. The molecule has 0 saturated carbocycles. The van der Waals surface area contributed by atoms with Gasteiger partial charge in [-0.25, -0.2) is 0 Å². The number of likely N-dealkylation sites (N-methyl/N-ethyl adjacent to an activating group) is 1. The van der Waals surface area contributed by atoms with Gasteiger partial charge in [0.25, 0.3) is 5.91 Å². The van der Waals surface area contributed by atoms with E-state index in [0.29, 0.717) is 5.02 Å². The van der Waals surface area contributed by atoms with Crippen molar-refractivity contribution in [2.75, 3.05) is 25.5 Å². The molecule has 150 valence electrons. The first kappa shape index (κ1) is 24.9. The Kier molecular flexibility index (Phi) is 11.8. The van der Waals surface area contributed by atoms with E-state index in [2.05, 4.69) is 33.1 Å². The standard InChI is InChI=1S/C20H33ClN2O.C2H6/c1-7-10-12-23(6,11-8-2)18(9-3)20(24)22-19-15(4)13-17(21)14-16(19)5;1-2/h13-14,18H,7-12H2,1-6H3;1-2H3/p+1. The summed E-state index contributed by atoms with van der Waals surface area (Å²) in [6, 6.07) is 3.79. The minimum absolute atomic E-state index is 0.0222. The van der Waals surface area contributed by atoms with Gasteiger partial charge in [0.2, 0.25) is 0 Å². The molecule has 0 aliphatic carbocycles. The van der Waals surface area contributed by atoms with E-state index in [1.54, 1.807) is 0 Å². The first-order valence-corrected chi connectivity index (χ1v) is 10.6. The minimum atomic E-state index is -0.0222. The van der Waals surface area contributed by atoms with E-state index in [9.17, 15) is 4.79 Å². The SMILES string of the molecule is CC.CCCC[N+](C)(CCC)C(CC)C(=O)Nc1c(C)cc(Cl)cc1C. The monoisotopic (exact) mass is 383 g/mol. The highest BCUT2D eigenvalue weighted by molar-refractivity contribution is 6.30. The molecule has 0 spiro atoms. The van der Waals surface area contributed by atoms with Gasteiger partial charge in [-0.05, 0) is 49.9 Å². The fourth-order valence-corrected chi connectivity index (χ4v) is 4.00. The molecule has 1 N–H and O–H groups in total. The molecule has 1 amide bonds. The molecule has 0 bridgehead atoms. The van der Waals surface area contributed by atoms with E-state index >= 15 is 0 Å². The predicted octanol–water partition coefficient (Wildman–Crippen LogP) is 6.36. The van der Waals surface area contributed by atoms with Crippen LogP contribution in [0.3, 0.4) is 0 Å². The Hall–Kier alpha value is -1.06. The number of carbonyl (C=O) groups excluding carboxylic acids is 1. The predicted molar refractivity (Wildman–Crippen MR) is 116 cm³/mol. The zero-order chi connectivity index (χ0) is 20.3. The van der Waals surface area contributed by atoms with Crippen molar-refractivity contribution in [2.24, 2.45) is 0 Å². The average molecular weight is 384 g/mol. The molecule has 0 saturated heterocycles. The Morgan fingerprint density at radius 1 is 1.08 bits per heavy atom. The number of rotatable bonds is 9. The number of nitrogens with zero attached hydrogens (tertiary/aromatic N) is 1. The fraction of sp³-hybridized carbons (Fsp3) is 0.682. The lowest BCUT2D eigenvalue weighted by Crippen LogP contribution is -2.58. The molecule has 4 heteroatoms. The first-order chi connectivity index (χ1) is 12.3. The van der Waals surface area contributed by atoms with Gasteiger partial charge in [0.05, 0.1) is 20.1 Å². The summed E-state index contributed by atoms with van der Waals surface area (Å²) in [5, 5.41) is 3.90.